The van der Waals surface area contributed by atoms with Crippen molar-refractivity contribution in [3.63, 3.8) is 0 Å². The minimum atomic E-state index is -3.19. The highest BCUT2D eigenvalue weighted by molar-refractivity contribution is 5.99. The first kappa shape index (κ1) is 26.1. The van der Waals surface area contributed by atoms with Crippen molar-refractivity contribution in [2.45, 2.75) is 45.6 Å². The highest BCUT2D eigenvalue weighted by Crippen LogP contribution is 2.30. The van der Waals surface area contributed by atoms with Crippen LogP contribution in [0.2, 0.25) is 0 Å². The summed E-state index contributed by atoms with van der Waals surface area (Å²) < 4.78 is 61.7. The molecule has 0 aliphatic rings. The topological polar surface area (TPSA) is 73.1 Å². The molecule has 0 saturated heterocycles. The van der Waals surface area contributed by atoms with Crippen LogP contribution in [0, 0.1) is 0 Å². The van der Waals surface area contributed by atoms with E-state index in [1.165, 1.54) is 27.8 Å². The van der Waals surface area contributed by atoms with Crippen LogP contribution in [0.3, 0.4) is 0 Å². The van der Waals surface area contributed by atoms with Gasteiger partial charge in [-0.3, -0.25) is 9.48 Å². The summed E-state index contributed by atoms with van der Waals surface area (Å²) in [5, 5.41) is 4.23. The van der Waals surface area contributed by atoms with Gasteiger partial charge in [-0.25, -0.2) is 18.7 Å². The van der Waals surface area contributed by atoms with E-state index in [4.69, 9.17) is 4.74 Å². The van der Waals surface area contributed by atoms with Gasteiger partial charge in [0.25, 0.3) is 17.8 Å². The van der Waals surface area contributed by atoms with E-state index >= 15 is 0 Å². The zero-order chi connectivity index (χ0) is 26.0. The molecule has 3 rings (SSSR count). The molecule has 7 nitrogen and oxygen atoms in total. The summed E-state index contributed by atoms with van der Waals surface area (Å²) in [6, 6.07) is 6.16. The predicted octanol–water partition coefficient (Wildman–Crippen LogP) is 5.03. The fourth-order valence-corrected chi connectivity index (χ4v) is 3.44. The number of hydrogen-bond acceptors (Lipinski definition) is 5. The molecule has 3 heterocycles. The normalized spacial score (nSPS) is 12.9. The lowest BCUT2D eigenvalue weighted by Gasteiger charge is -2.28. The van der Waals surface area contributed by atoms with Crippen molar-refractivity contribution in [2.24, 2.45) is 7.05 Å². The van der Waals surface area contributed by atoms with Gasteiger partial charge in [-0.1, -0.05) is 0 Å². The van der Waals surface area contributed by atoms with Crippen molar-refractivity contribution in [3.05, 3.63) is 59.5 Å². The summed E-state index contributed by atoms with van der Waals surface area (Å²) in [7, 11) is 1.67. The van der Waals surface area contributed by atoms with E-state index < -0.39 is 29.5 Å². The number of rotatable bonds is 9. The Hall–Kier alpha value is -3.50. The molecule has 0 aromatic carbocycles. The maximum Gasteiger partial charge on any atom is 0.286 e. The molecule has 188 valence electrons. The second kappa shape index (κ2) is 10.0. The van der Waals surface area contributed by atoms with Crippen molar-refractivity contribution in [1.82, 2.24) is 24.6 Å². The highest BCUT2D eigenvalue weighted by Gasteiger charge is 2.31. The molecular weight excluding hydrogens is 466 g/mol. The average molecular weight is 494 g/mol. The molecule has 3 aromatic heterocycles. The van der Waals surface area contributed by atoms with E-state index in [1.807, 2.05) is 0 Å². The Labute approximate surface area is 200 Å². The fourth-order valence-electron chi connectivity index (χ4n) is 3.44. The number of ether oxygens (including phenoxy) is 1. The summed E-state index contributed by atoms with van der Waals surface area (Å²) in [6.07, 6.45) is 2.67. The van der Waals surface area contributed by atoms with Gasteiger partial charge >= 0.3 is 0 Å². The van der Waals surface area contributed by atoms with E-state index in [0.717, 1.165) is 26.1 Å². The van der Waals surface area contributed by atoms with Crippen LogP contribution in [0.5, 0.6) is 5.88 Å². The first-order chi connectivity index (χ1) is 16.3. The number of amides is 1. The quantitative estimate of drug-likeness (QED) is 0.391. The van der Waals surface area contributed by atoms with Crippen molar-refractivity contribution in [3.8, 4) is 17.3 Å². The molecule has 0 N–H and O–H groups in total. The summed E-state index contributed by atoms with van der Waals surface area (Å²) in [4.78, 5) is 22.9. The molecule has 3 aromatic rings. The number of nitrogens with zero attached hydrogens (tertiary/aromatic N) is 5. The van der Waals surface area contributed by atoms with E-state index in [9.17, 15) is 22.4 Å². The van der Waals surface area contributed by atoms with Crippen LogP contribution in [-0.2, 0) is 18.9 Å². The van der Waals surface area contributed by atoms with Gasteiger partial charge in [-0.15, -0.1) is 0 Å². The van der Waals surface area contributed by atoms with Gasteiger partial charge in [-0.05, 0) is 38.1 Å². The van der Waals surface area contributed by atoms with Crippen LogP contribution >= 0.6 is 0 Å². The maximum atomic E-state index is 13.9. The minimum Gasteiger partial charge on any atom is -0.475 e. The predicted molar refractivity (Wildman–Crippen MR) is 121 cm³/mol. The number of carbonyl (C=O) groups excluding carboxylic acids is 1. The Balaban J connectivity index is 1.83. The molecule has 11 heteroatoms. The first-order valence-corrected chi connectivity index (χ1v) is 11.0. The number of carbonyl (C=O) groups is 1. The number of likely N-dealkylation sites (N-methyl/N-ethyl adjacent to an activating group) is 1. The number of pyridine rings is 2. The van der Waals surface area contributed by atoms with Crippen molar-refractivity contribution >= 4 is 5.91 Å². The zero-order valence-corrected chi connectivity index (χ0v) is 20.1. The highest BCUT2D eigenvalue weighted by atomic mass is 19.3. The Bertz CT molecular complexity index is 1170. The molecule has 0 saturated carbocycles. The molecule has 0 aliphatic heterocycles. The van der Waals surface area contributed by atoms with Gasteiger partial charge in [0.05, 0.1) is 11.6 Å². The fraction of sp³-hybridized carbons (Fsp3) is 0.417. The largest absolute Gasteiger partial charge is 0.475 e. The molecule has 35 heavy (non-hydrogen) atoms. The van der Waals surface area contributed by atoms with E-state index in [2.05, 4.69) is 15.1 Å². The van der Waals surface area contributed by atoms with Gasteiger partial charge in [-0.2, -0.15) is 13.9 Å². The summed E-state index contributed by atoms with van der Waals surface area (Å²) in [5.74, 6) is -6.50. The Morgan fingerprint density at radius 3 is 2.34 bits per heavy atom. The number of halogens is 4. The van der Waals surface area contributed by atoms with Crippen LogP contribution in [-0.4, -0.2) is 49.7 Å². The molecule has 0 fully saturated rings. The molecule has 0 bridgehead atoms. The molecule has 1 unspecified atom stereocenters. The number of alkyl halides is 4. The third-order valence-electron chi connectivity index (χ3n) is 5.38. The van der Waals surface area contributed by atoms with Crippen LogP contribution in [0.25, 0.3) is 11.4 Å². The maximum absolute atomic E-state index is 13.9. The molecule has 0 aliphatic carbocycles. The smallest absolute Gasteiger partial charge is 0.286 e. The molecular formula is C24H27F4N5O2. The average Bonchev–Trinajstić information content (AvgIpc) is 3.23. The number of aryl methyl sites for hydroxylation is 1. The third kappa shape index (κ3) is 6.14. The Morgan fingerprint density at radius 1 is 1.11 bits per heavy atom. The Kier molecular flexibility index (Phi) is 7.47. The van der Waals surface area contributed by atoms with Crippen LogP contribution in [0.15, 0.2) is 42.7 Å². The van der Waals surface area contributed by atoms with E-state index in [1.54, 1.807) is 33.2 Å². The number of aromatic nitrogens is 4. The molecule has 1 atom stereocenters. The monoisotopic (exact) mass is 493 g/mol. The van der Waals surface area contributed by atoms with E-state index in [-0.39, 0.29) is 29.3 Å². The molecule has 0 spiro atoms. The first-order valence-electron chi connectivity index (χ1n) is 11.0. The van der Waals surface area contributed by atoms with Gasteiger partial charge < -0.3 is 9.64 Å². The lowest BCUT2D eigenvalue weighted by Crippen LogP contribution is -2.42. The van der Waals surface area contributed by atoms with Gasteiger partial charge in [0.15, 0.2) is 0 Å². The Morgan fingerprint density at radius 2 is 1.83 bits per heavy atom. The minimum absolute atomic E-state index is 0.0336. The summed E-state index contributed by atoms with van der Waals surface area (Å²) in [5.41, 5.74) is -0.240. The van der Waals surface area contributed by atoms with Crippen LogP contribution in [0.4, 0.5) is 17.6 Å². The number of hydrogen-bond donors (Lipinski definition) is 0. The second-order valence-corrected chi connectivity index (χ2v) is 8.38. The van der Waals surface area contributed by atoms with Crippen LogP contribution in [0.1, 0.15) is 49.3 Å². The SMILES string of the molecule is CCN(C(=O)c1ccc(C(C)(F)F)nc1-c1ccn(C)n1)C(C)COc1ccc(C(C)(F)F)cn1. The lowest BCUT2D eigenvalue weighted by molar-refractivity contribution is 0.0127. The molecule has 0 radical (unpaired) electrons. The molecule has 1 amide bonds. The van der Waals surface area contributed by atoms with Gasteiger partial charge in [0.1, 0.15) is 23.7 Å². The third-order valence-corrected chi connectivity index (χ3v) is 5.38. The van der Waals surface area contributed by atoms with E-state index in [0.29, 0.717) is 12.2 Å². The summed E-state index contributed by atoms with van der Waals surface area (Å²) in [6.45, 7) is 5.36. The van der Waals surface area contributed by atoms with Crippen molar-refractivity contribution in [2.75, 3.05) is 13.2 Å². The summed E-state index contributed by atoms with van der Waals surface area (Å²) >= 11 is 0. The van der Waals surface area contributed by atoms with Crippen molar-refractivity contribution < 1.29 is 27.1 Å². The lowest BCUT2D eigenvalue weighted by atomic mass is 10.1. The zero-order valence-electron chi connectivity index (χ0n) is 20.1. The standard InChI is InChI=1S/C24H27F4N5O2/c1-6-33(15(2)14-35-20-10-7-16(13-29-20)23(3,25)26)22(34)17-8-9-19(24(4,27)28)30-21(17)18-11-12-32(5)31-18/h7-13,15H,6,14H2,1-5H3. The second-order valence-electron chi connectivity index (χ2n) is 8.38. The van der Waals surface area contributed by atoms with Crippen LogP contribution < -0.4 is 4.74 Å². The van der Waals surface area contributed by atoms with Gasteiger partial charge in [0.2, 0.25) is 5.88 Å². The van der Waals surface area contributed by atoms with Gasteiger partial charge in [0, 0.05) is 51.5 Å². The van der Waals surface area contributed by atoms with Crippen molar-refractivity contribution in [1.29, 1.82) is 0 Å².